The van der Waals surface area contributed by atoms with Crippen molar-refractivity contribution in [3.63, 3.8) is 0 Å². The first-order valence-electron chi connectivity index (χ1n) is 13.1. The van der Waals surface area contributed by atoms with E-state index in [1.807, 2.05) is 0 Å². The normalized spacial score (nSPS) is 32.7. The number of thioether (sulfide) groups is 1. The molecule has 1 aromatic carbocycles. The molecule has 0 radical (unpaired) electrons. The summed E-state index contributed by atoms with van der Waals surface area (Å²) in [5.74, 6) is 1.28. The summed E-state index contributed by atoms with van der Waals surface area (Å²) in [5.41, 5.74) is 0.976. The molecule has 5 rings (SSSR count). The van der Waals surface area contributed by atoms with Gasteiger partial charge in [-0.3, -0.25) is 4.79 Å². The van der Waals surface area contributed by atoms with E-state index in [9.17, 15) is 0 Å². The van der Waals surface area contributed by atoms with Crippen LogP contribution >= 0.6 is 11.8 Å². The molecule has 0 amide bonds. The Morgan fingerprint density at radius 3 is 2.11 bits per heavy atom. The highest BCUT2D eigenvalue weighted by molar-refractivity contribution is 7.98. The Hall–Kier alpha value is -0.666. The average Bonchev–Trinajstić information content (AvgIpc) is 3.11. The molecule has 3 nitrogen and oxygen atoms in total. The van der Waals surface area contributed by atoms with Crippen LogP contribution in [0.3, 0.4) is 0 Å². The highest BCUT2D eigenvalue weighted by Crippen LogP contribution is 2.63. The fourth-order valence-electron chi connectivity index (χ4n) is 6.01. The summed E-state index contributed by atoms with van der Waals surface area (Å²) in [5, 5.41) is 0.0209. The predicted octanol–water partition coefficient (Wildman–Crippen LogP) is 7.60. The van der Waals surface area contributed by atoms with Crippen LogP contribution in [0, 0.1) is 11.8 Å². The van der Waals surface area contributed by atoms with Crippen LogP contribution in [-0.4, -0.2) is 45.6 Å². The van der Waals surface area contributed by atoms with Gasteiger partial charge in [0.1, 0.15) is 11.2 Å². The number of benzene rings is 1. The highest BCUT2D eigenvalue weighted by atomic mass is 32.2. The Labute approximate surface area is 220 Å². The summed E-state index contributed by atoms with van der Waals surface area (Å²) in [7, 11) is -4.53. The molecule has 0 spiro atoms. The Bertz CT molecular complexity index is 1040. The molecule has 0 unspecified atom stereocenters. The summed E-state index contributed by atoms with van der Waals surface area (Å²) >= 11 is 1.74. The van der Waals surface area contributed by atoms with E-state index in [4.69, 9.17) is 8.85 Å². The molecular weight excluding hydrogens is 485 g/mol. The Morgan fingerprint density at radius 2 is 1.54 bits per heavy atom. The molecule has 194 valence electrons. The van der Waals surface area contributed by atoms with Gasteiger partial charge in [-0.05, 0) is 66.1 Å². The van der Waals surface area contributed by atoms with Gasteiger partial charge in [-0.2, -0.15) is 11.8 Å². The number of Topliss-reactive ketones (excluding diaryl/α,β-unsaturated/α-hetero) is 1. The zero-order valence-electron chi connectivity index (χ0n) is 23.7. The number of hydrogen-bond acceptors (Lipinski definition) is 4. The molecular formula is C29H46O3SSi2. The molecule has 1 aromatic rings. The zero-order valence-corrected chi connectivity index (χ0v) is 26.6. The van der Waals surface area contributed by atoms with Crippen molar-refractivity contribution in [2.24, 2.45) is 11.8 Å². The first-order chi connectivity index (χ1) is 15.9. The van der Waals surface area contributed by atoms with Crippen LogP contribution in [-0.2, 0) is 20.1 Å². The summed E-state index contributed by atoms with van der Waals surface area (Å²) in [4.78, 5) is 15.1. The molecule has 5 atom stereocenters. The van der Waals surface area contributed by atoms with Crippen molar-refractivity contribution in [3.05, 3.63) is 47.5 Å². The smallest absolute Gasteiger partial charge is 0.199 e. The standard InChI is InChI=1S/C29H46O3SSi2/c1-26(2,3)34(8,9)31-28-17-16-22(24-21-15-13-12-14-20(21)18-23(24)28)29(19-33-7,25(28)30)32-35(10,11)27(4,5)6/h12-17,22-24H,18-19H2,1-11H3/t22-,23+,24+,28-,29+/m1/s1. The van der Waals surface area contributed by atoms with Crippen molar-refractivity contribution < 1.29 is 13.6 Å². The second-order valence-electron chi connectivity index (χ2n) is 14.1. The minimum Gasteiger partial charge on any atom is -0.403 e. The lowest BCUT2D eigenvalue weighted by Gasteiger charge is -2.62. The van der Waals surface area contributed by atoms with Gasteiger partial charge in [-0.25, -0.2) is 0 Å². The average molecular weight is 531 g/mol. The van der Waals surface area contributed by atoms with Crippen molar-refractivity contribution in [1.29, 1.82) is 0 Å². The monoisotopic (exact) mass is 530 g/mol. The maximum Gasteiger partial charge on any atom is 0.199 e. The number of hydrogen-bond donors (Lipinski definition) is 0. The summed E-state index contributed by atoms with van der Waals surface area (Å²) < 4.78 is 14.6. The van der Waals surface area contributed by atoms with Gasteiger partial charge in [-0.15, -0.1) is 0 Å². The lowest BCUT2D eigenvalue weighted by molar-refractivity contribution is -0.170. The molecule has 4 aliphatic carbocycles. The molecule has 0 N–H and O–H groups in total. The van der Waals surface area contributed by atoms with Crippen LogP contribution in [0.4, 0.5) is 0 Å². The first-order valence-corrected chi connectivity index (χ1v) is 20.4. The van der Waals surface area contributed by atoms with Crippen molar-refractivity contribution >= 4 is 34.2 Å². The van der Waals surface area contributed by atoms with Gasteiger partial charge in [0.05, 0.1) is 0 Å². The van der Waals surface area contributed by atoms with Crippen molar-refractivity contribution in [1.82, 2.24) is 0 Å². The quantitative estimate of drug-likeness (QED) is 0.280. The van der Waals surface area contributed by atoms with E-state index < -0.39 is 27.8 Å². The Balaban J connectivity index is 1.94. The molecule has 6 heteroatoms. The van der Waals surface area contributed by atoms with E-state index in [2.05, 4.69) is 110 Å². The molecule has 0 saturated heterocycles. The van der Waals surface area contributed by atoms with Gasteiger partial charge >= 0.3 is 0 Å². The van der Waals surface area contributed by atoms with Gasteiger partial charge in [-0.1, -0.05) is 71.9 Å². The summed E-state index contributed by atoms with van der Waals surface area (Å²) in [6.07, 6.45) is 7.50. The number of rotatable bonds is 6. The second kappa shape index (κ2) is 8.42. The number of fused-ring (bicyclic) bond motifs is 2. The fraction of sp³-hybridized carbons (Fsp3) is 0.690. The first kappa shape index (κ1) is 27.4. The van der Waals surface area contributed by atoms with Gasteiger partial charge in [0.2, 0.25) is 0 Å². The molecule has 35 heavy (non-hydrogen) atoms. The third-order valence-corrected chi connectivity index (χ3v) is 19.6. The fourth-order valence-corrected chi connectivity index (χ4v) is 9.91. The molecule has 1 saturated carbocycles. The maximum atomic E-state index is 15.1. The summed E-state index contributed by atoms with van der Waals surface area (Å²) in [6, 6.07) is 8.83. The van der Waals surface area contributed by atoms with E-state index in [0.717, 1.165) is 6.42 Å². The third-order valence-electron chi connectivity index (χ3n) is 9.89. The van der Waals surface area contributed by atoms with E-state index in [0.29, 0.717) is 5.75 Å². The topological polar surface area (TPSA) is 35.5 Å². The molecule has 1 fully saturated rings. The van der Waals surface area contributed by atoms with Crippen molar-refractivity contribution in [3.8, 4) is 0 Å². The van der Waals surface area contributed by atoms with Gasteiger partial charge in [0, 0.05) is 23.5 Å². The Kier molecular flexibility index (Phi) is 6.58. The minimum atomic E-state index is -2.27. The minimum absolute atomic E-state index is 0.00751. The number of carbonyl (C=O) groups is 1. The van der Waals surface area contributed by atoms with E-state index in [-0.39, 0.29) is 33.6 Å². The zero-order chi connectivity index (χ0) is 26.2. The lowest BCUT2D eigenvalue weighted by atomic mass is 9.53. The van der Waals surface area contributed by atoms with Crippen molar-refractivity contribution in [2.75, 3.05) is 12.0 Å². The van der Waals surface area contributed by atoms with Crippen LogP contribution < -0.4 is 0 Å². The predicted molar refractivity (Wildman–Crippen MR) is 154 cm³/mol. The molecule has 0 heterocycles. The molecule has 0 aliphatic heterocycles. The van der Waals surface area contributed by atoms with Crippen LogP contribution in [0.25, 0.3) is 0 Å². The second-order valence-corrected chi connectivity index (χ2v) is 24.4. The van der Waals surface area contributed by atoms with Crippen molar-refractivity contribution in [2.45, 2.75) is 101 Å². The SMILES string of the molecule is CSC[C@@]1(O[Si](C)(C)C(C)(C)C)C(=O)[C@@]2(O[Si](C)(C)C(C)(C)C)C=C[C@@H]1[C@@H]1c3ccccc3C[C@@H]12. The number of ketones is 1. The Morgan fingerprint density at radius 1 is 0.971 bits per heavy atom. The van der Waals surface area contributed by atoms with Crippen LogP contribution in [0.2, 0.25) is 36.3 Å². The largest absolute Gasteiger partial charge is 0.403 e. The summed E-state index contributed by atoms with van der Waals surface area (Å²) in [6.45, 7) is 22.7. The van der Waals surface area contributed by atoms with E-state index in [1.54, 1.807) is 11.8 Å². The molecule has 2 bridgehead atoms. The lowest BCUT2D eigenvalue weighted by Crippen LogP contribution is -2.74. The van der Waals surface area contributed by atoms with E-state index >= 15 is 4.79 Å². The molecule has 4 aliphatic rings. The highest BCUT2D eigenvalue weighted by Gasteiger charge is 2.71. The molecule has 0 aromatic heterocycles. The van der Waals surface area contributed by atoms with Gasteiger partial charge in [0.15, 0.2) is 22.4 Å². The van der Waals surface area contributed by atoms with E-state index in [1.165, 1.54) is 11.1 Å². The van der Waals surface area contributed by atoms with Gasteiger partial charge in [0.25, 0.3) is 0 Å². The van der Waals surface area contributed by atoms with Crippen LogP contribution in [0.5, 0.6) is 0 Å². The maximum absolute atomic E-state index is 15.1. The number of carbonyl (C=O) groups excluding carboxylic acids is 1. The van der Waals surface area contributed by atoms with Crippen LogP contribution in [0.15, 0.2) is 36.4 Å². The van der Waals surface area contributed by atoms with Crippen LogP contribution in [0.1, 0.15) is 58.6 Å². The third kappa shape index (κ3) is 4.01. The van der Waals surface area contributed by atoms with Gasteiger partial charge < -0.3 is 8.85 Å².